The number of benzene rings is 1. The molecule has 0 spiro atoms. The molecule has 144 valence electrons. The molecule has 5 nitrogen and oxygen atoms in total. The Morgan fingerprint density at radius 2 is 2.00 bits per heavy atom. The summed E-state index contributed by atoms with van der Waals surface area (Å²) in [6, 6.07) is 7.89. The number of nitrogens with zero attached hydrogens (tertiary/aromatic N) is 1. The molecular weight excluding hydrogens is 361 g/mol. The molecule has 2 atom stereocenters. The highest BCUT2D eigenvalue weighted by Gasteiger charge is 2.62. The summed E-state index contributed by atoms with van der Waals surface area (Å²) >= 11 is 0. The Hall–Kier alpha value is -0.850. The topological polar surface area (TPSA) is 67.6 Å². The second-order valence-corrected chi connectivity index (χ2v) is 7.23. The average molecular weight is 392 g/mol. The lowest BCUT2D eigenvalue weighted by atomic mass is 9.54. The minimum absolute atomic E-state index is 0. The molecule has 2 rings (SSSR count). The molecule has 1 amide bonds. The number of anilines is 1. The number of amides is 1. The van der Waals surface area contributed by atoms with Gasteiger partial charge in [0.05, 0.1) is 6.10 Å². The third-order valence-corrected chi connectivity index (χ3v) is 4.92. The number of rotatable bonds is 6. The summed E-state index contributed by atoms with van der Waals surface area (Å²) in [5, 5.41) is 2.98. The van der Waals surface area contributed by atoms with Gasteiger partial charge in [0.2, 0.25) is 5.91 Å². The van der Waals surface area contributed by atoms with Gasteiger partial charge in [-0.05, 0) is 38.7 Å². The van der Waals surface area contributed by atoms with E-state index in [1.54, 1.807) is 0 Å². The van der Waals surface area contributed by atoms with Crippen LogP contribution in [-0.4, -0.2) is 43.2 Å². The summed E-state index contributed by atoms with van der Waals surface area (Å²) in [6.45, 7) is 7.43. The number of nitrogens with one attached hydrogen (secondary N) is 1. The van der Waals surface area contributed by atoms with E-state index in [2.05, 4.69) is 10.2 Å². The molecule has 25 heavy (non-hydrogen) atoms. The van der Waals surface area contributed by atoms with Crippen LogP contribution in [0.1, 0.15) is 32.8 Å². The number of carbonyl (C=O) groups excluding carboxylic acids is 1. The van der Waals surface area contributed by atoms with E-state index in [-0.39, 0.29) is 42.2 Å². The summed E-state index contributed by atoms with van der Waals surface area (Å²) in [6.07, 6.45) is 0.583. The quantitative estimate of drug-likeness (QED) is 0.781. The summed E-state index contributed by atoms with van der Waals surface area (Å²) < 4.78 is 5.69. The molecular formula is C18H31Cl2N3O2. The molecule has 1 aromatic rings. The van der Waals surface area contributed by atoms with Gasteiger partial charge in [-0.1, -0.05) is 26.0 Å². The zero-order valence-corrected chi connectivity index (χ0v) is 17.3. The molecule has 1 aliphatic carbocycles. The van der Waals surface area contributed by atoms with Crippen LogP contribution in [0.2, 0.25) is 0 Å². The summed E-state index contributed by atoms with van der Waals surface area (Å²) in [5.41, 5.74) is 7.07. The highest BCUT2D eigenvalue weighted by atomic mass is 35.5. The van der Waals surface area contributed by atoms with Crippen LogP contribution < -0.4 is 11.1 Å². The number of hydrogen-bond acceptors (Lipinski definition) is 4. The van der Waals surface area contributed by atoms with E-state index in [1.165, 1.54) is 0 Å². The fourth-order valence-electron chi connectivity index (χ4n) is 3.18. The van der Waals surface area contributed by atoms with Crippen molar-refractivity contribution in [3.8, 4) is 0 Å². The molecule has 0 radical (unpaired) electrons. The fraction of sp³-hybridized carbons (Fsp3) is 0.611. The predicted octanol–water partition coefficient (Wildman–Crippen LogP) is 3.06. The smallest absolute Gasteiger partial charge is 0.245 e. The molecule has 0 bridgehead atoms. The molecule has 2 unspecified atom stereocenters. The zero-order valence-electron chi connectivity index (χ0n) is 15.7. The molecule has 1 saturated carbocycles. The lowest BCUT2D eigenvalue weighted by Crippen LogP contribution is -2.74. The first-order valence-corrected chi connectivity index (χ1v) is 8.16. The fourth-order valence-corrected chi connectivity index (χ4v) is 3.18. The Kier molecular flexibility index (Phi) is 8.88. The first-order chi connectivity index (χ1) is 10.7. The lowest BCUT2D eigenvalue weighted by molar-refractivity contribution is -0.166. The van der Waals surface area contributed by atoms with E-state index >= 15 is 0 Å². The molecule has 0 aliphatic heterocycles. The van der Waals surface area contributed by atoms with Crippen molar-refractivity contribution < 1.29 is 9.53 Å². The van der Waals surface area contributed by atoms with Crippen LogP contribution >= 0.6 is 24.8 Å². The Balaban J connectivity index is 0.00000288. The third-order valence-electron chi connectivity index (χ3n) is 4.92. The minimum atomic E-state index is -0.898. The normalized spacial score (nSPS) is 23.9. The number of ether oxygens (including phenoxy) is 1. The van der Waals surface area contributed by atoms with Crippen LogP contribution in [0.15, 0.2) is 24.3 Å². The van der Waals surface area contributed by atoms with E-state index in [0.717, 1.165) is 17.8 Å². The maximum absolute atomic E-state index is 12.7. The molecule has 7 heteroatoms. The second kappa shape index (κ2) is 9.19. The van der Waals surface area contributed by atoms with Crippen LogP contribution in [0, 0.1) is 5.41 Å². The number of halogens is 2. The number of carbonyl (C=O) groups is 1. The lowest BCUT2D eigenvalue weighted by Gasteiger charge is -2.57. The SMILES string of the molecule is CCOC1CC(N)(C(=O)Nc2cccc(CN(C)C)c2)C1(C)C.Cl.Cl. The van der Waals surface area contributed by atoms with Crippen molar-refractivity contribution in [3.05, 3.63) is 29.8 Å². The van der Waals surface area contributed by atoms with E-state index < -0.39 is 5.54 Å². The average Bonchev–Trinajstić information content (AvgIpc) is 2.46. The molecule has 0 saturated heterocycles. The van der Waals surface area contributed by atoms with Gasteiger partial charge in [0.1, 0.15) is 5.54 Å². The Bertz CT molecular complexity index is 581. The monoisotopic (exact) mass is 391 g/mol. The van der Waals surface area contributed by atoms with Crippen LogP contribution in [0.3, 0.4) is 0 Å². The highest BCUT2D eigenvalue weighted by Crippen LogP contribution is 2.50. The van der Waals surface area contributed by atoms with Crippen molar-refractivity contribution in [1.82, 2.24) is 4.90 Å². The zero-order chi connectivity index (χ0) is 17.3. The van der Waals surface area contributed by atoms with Crippen molar-refractivity contribution in [2.75, 3.05) is 26.0 Å². The second-order valence-electron chi connectivity index (χ2n) is 7.23. The Labute approximate surface area is 163 Å². The van der Waals surface area contributed by atoms with Crippen LogP contribution in [0.4, 0.5) is 5.69 Å². The molecule has 3 N–H and O–H groups in total. The predicted molar refractivity (Wildman–Crippen MR) is 108 cm³/mol. The van der Waals surface area contributed by atoms with Gasteiger partial charge in [0, 0.05) is 30.7 Å². The number of hydrogen-bond donors (Lipinski definition) is 2. The maximum Gasteiger partial charge on any atom is 0.245 e. The first kappa shape index (κ1) is 24.1. The van der Waals surface area contributed by atoms with E-state index in [1.807, 2.05) is 59.1 Å². The van der Waals surface area contributed by atoms with Crippen molar-refractivity contribution in [3.63, 3.8) is 0 Å². The van der Waals surface area contributed by atoms with E-state index in [9.17, 15) is 4.79 Å². The van der Waals surface area contributed by atoms with Gasteiger partial charge in [-0.2, -0.15) is 0 Å². The summed E-state index contributed by atoms with van der Waals surface area (Å²) in [5.74, 6) is -0.138. The minimum Gasteiger partial charge on any atom is -0.378 e. The number of nitrogens with two attached hydrogens (primary N) is 1. The van der Waals surface area contributed by atoms with Gasteiger partial charge in [0.15, 0.2) is 0 Å². The van der Waals surface area contributed by atoms with Gasteiger partial charge < -0.3 is 20.7 Å². The van der Waals surface area contributed by atoms with Gasteiger partial charge in [0.25, 0.3) is 0 Å². The highest BCUT2D eigenvalue weighted by molar-refractivity contribution is 5.99. The van der Waals surface area contributed by atoms with Crippen LogP contribution in [0.5, 0.6) is 0 Å². The van der Waals surface area contributed by atoms with Crippen molar-refractivity contribution in [1.29, 1.82) is 0 Å². The van der Waals surface area contributed by atoms with Gasteiger partial charge in [-0.3, -0.25) is 4.79 Å². The summed E-state index contributed by atoms with van der Waals surface area (Å²) in [4.78, 5) is 14.8. The molecule has 1 aliphatic rings. The van der Waals surface area contributed by atoms with Gasteiger partial charge in [-0.25, -0.2) is 0 Å². The molecule has 1 aromatic carbocycles. The molecule has 0 heterocycles. The van der Waals surface area contributed by atoms with Crippen LogP contribution in [-0.2, 0) is 16.1 Å². The van der Waals surface area contributed by atoms with Crippen LogP contribution in [0.25, 0.3) is 0 Å². The van der Waals surface area contributed by atoms with Gasteiger partial charge >= 0.3 is 0 Å². The maximum atomic E-state index is 12.7. The van der Waals surface area contributed by atoms with E-state index in [4.69, 9.17) is 10.5 Å². The summed E-state index contributed by atoms with van der Waals surface area (Å²) in [7, 11) is 4.04. The standard InChI is InChI=1S/C18H29N3O2.2ClH/c1-6-23-15-11-18(19,17(15,2)3)16(22)20-14-9-7-8-13(10-14)12-21(4)5;;/h7-10,15H,6,11-12,19H2,1-5H3,(H,20,22);2*1H. The van der Waals surface area contributed by atoms with E-state index in [0.29, 0.717) is 13.0 Å². The molecule has 0 aromatic heterocycles. The van der Waals surface area contributed by atoms with Crippen molar-refractivity contribution >= 4 is 36.4 Å². The largest absolute Gasteiger partial charge is 0.378 e. The Morgan fingerprint density at radius 3 is 2.52 bits per heavy atom. The third kappa shape index (κ3) is 4.86. The first-order valence-electron chi connectivity index (χ1n) is 8.16. The Morgan fingerprint density at radius 1 is 1.36 bits per heavy atom. The van der Waals surface area contributed by atoms with Crippen molar-refractivity contribution in [2.24, 2.45) is 11.1 Å². The van der Waals surface area contributed by atoms with Gasteiger partial charge in [-0.15, -0.1) is 24.8 Å². The van der Waals surface area contributed by atoms with Crippen molar-refractivity contribution in [2.45, 2.75) is 45.4 Å². The molecule has 1 fully saturated rings.